The smallest absolute Gasteiger partial charge is 0.246 e. The number of furan rings is 1. The van der Waals surface area contributed by atoms with Gasteiger partial charge in [-0.3, -0.25) is 14.5 Å². The van der Waals surface area contributed by atoms with Crippen LogP contribution < -0.4 is 4.72 Å². The number of sulfonamides is 1. The molecular formula is C24H30N4O5S. The first kappa shape index (κ1) is 24.2. The molecule has 1 N–H and O–H groups in total. The van der Waals surface area contributed by atoms with Gasteiger partial charge in [-0.25, -0.2) is 13.1 Å². The average molecular weight is 487 g/mol. The van der Waals surface area contributed by atoms with Crippen molar-refractivity contribution >= 4 is 27.9 Å². The molecule has 3 heterocycles. The number of hydrogen-bond donors (Lipinski definition) is 1. The highest BCUT2D eigenvalue weighted by Gasteiger charge is 2.24. The van der Waals surface area contributed by atoms with Crippen LogP contribution in [0.1, 0.15) is 24.2 Å². The third-order valence-corrected chi connectivity index (χ3v) is 7.54. The van der Waals surface area contributed by atoms with E-state index in [2.05, 4.69) is 9.62 Å². The number of carbonyl (C=O) groups excluding carboxylic acids is 2. The van der Waals surface area contributed by atoms with Crippen molar-refractivity contribution in [3.63, 3.8) is 0 Å². The second-order valence-corrected chi connectivity index (χ2v) is 10.3. The van der Waals surface area contributed by atoms with E-state index in [4.69, 9.17) is 4.42 Å². The lowest BCUT2D eigenvalue weighted by atomic mass is 10.2. The van der Waals surface area contributed by atoms with Crippen LogP contribution in [0.4, 0.5) is 0 Å². The average Bonchev–Trinajstić information content (AvgIpc) is 3.57. The van der Waals surface area contributed by atoms with Gasteiger partial charge in [0.05, 0.1) is 24.2 Å². The molecule has 4 rings (SSSR count). The molecule has 2 fully saturated rings. The van der Waals surface area contributed by atoms with Crippen LogP contribution >= 0.6 is 0 Å². The first-order valence-corrected chi connectivity index (χ1v) is 13.0. The van der Waals surface area contributed by atoms with Gasteiger partial charge in [0.1, 0.15) is 5.76 Å². The van der Waals surface area contributed by atoms with Gasteiger partial charge in [0, 0.05) is 45.3 Å². The summed E-state index contributed by atoms with van der Waals surface area (Å²) in [4.78, 5) is 30.8. The van der Waals surface area contributed by atoms with Crippen molar-refractivity contribution in [3.8, 4) is 0 Å². The van der Waals surface area contributed by atoms with Crippen LogP contribution in [0.15, 0.2) is 58.1 Å². The van der Waals surface area contributed by atoms with E-state index in [1.807, 2.05) is 4.90 Å². The molecule has 0 saturated carbocycles. The lowest BCUT2D eigenvalue weighted by molar-refractivity contribution is -0.132. The molecule has 0 bridgehead atoms. The molecular weight excluding hydrogens is 456 g/mol. The van der Waals surface area contributed by atoms with Crippen LogP contribution in [-0.4, -0.2) is 80.7 Å². The molecule has 34 heavy (non-hydrogen) atoms. The molecule has 0 unspecified atom stereocenters. The molecule has 10 heteroatoms. The zero-order chi connectivity index (χ0) is 24.0. The van der Waals surface area contributed by atoms with Crippen LogP contribution in [0.5, 0.6) is 0 Å². The van der Waals surface area contributed by atoms with Gasteiger partial charge in [0.2, 0.25) is 21.8 Å². The quantitative estimate of drug-likeness (QED) is 0.568. The largest absolute Gasteiger partial charge is 0.468 e. The van der Waals surface area contributed by atoms with Crippen LogP contribution in [0, 0.1) is 0 Å². The second-order valence-electron chi connectivity index (χ2n) is 8.50. The zero-order valence-corrected chi connectivity index (χ0v) is 19.9. The van der Waals surface area contributed by atoms with Crippen molar-refractivity contribution in [3.05, 3.63) is 60.1 Å². The van der Waals surface area contributed by atoms with E-state index >= 15 is 0 Å². The standard InChI is InChI=1S/C24H30N4O5S/c29-23(28-15-13-26(14-16-28)19-24(30)27-11-1-2-12-27)10-7-20-5-8-22(9-6-20)34(31,32)25-18-21-4-3-17-33-21/h3-10,17,25H,1-2,11-16,18-19H2/b10-7+. The molecule has 2 aliphatic heterocycles. The molecule has 1 aromatic heterocycles. The number of amides is 2. The van der Waals surface area contributed by atoms with Gasteiger partial charge in [-0.05, 0) is 48.7 Å². The van der Waals surface area contributed by atoms with Crippen molar-refractivity contribution in [2.45, 2.75) is 24.3 Å². The number of nitrogens with one attached hydrogen (secondary N) is 1. The summed E-state index contributed by atoms with van der Waals surface area (Å²) >= 11 is 0. The van der Waals surface area contributed by atoms with Crippen molar-refractivity contribution in [2.24, 2.45) is 0 Å². The zero-order valence-electron chi connectivity index (χ0n) is 19.1. The summed E-state index contributed by atoms with van der Waals surface area (Å²) in [7, 11) is -3.66. The van der Waals surface area contributed by atoms with Crippen LogP contribution in [-0.2, 0) is 26.2 Å². The van der Waals surface area contributed by atoms with Gasteiger partial charge in [-0.1, -0.05) is 12.1 Å². The number of nitrogens with zero attached hydrogens (tertiary/aromatic N) is 3. The molecule has 2 aliphatic rings. The van der Waals surface area contributed by atoms with E-state index in [1.54, 1.807) is 35.2 Å². The first-order chi connectivity index (χ1) is 16.4. The molecule has 2 saturated heterocycles. The Labute approximate surface area is 200 Å². The Morgan fingerprint density at radius 3 is 2.29 bits per heavy atom. The molecule has 182 valence electrons. The normalized spacial score (nSPS) is 17.5. The molecule has 2 aromatic rings. The Bertz CT molecular complexity index is 1100. The van der Waals surface area contributed by atoms with E-state index in [1.165, 1.54) is 24.5 Å². The highest BCUT2D eigenvalue weighted by Crippen LogP contribution is 2.14. The first-order valence-electron chi connectivity index (χ1n) is 11.5. The molecule has 2 amide bonds. The van der Waals surface area contributed by atoms with Crippen molar-refractivity contribution < 1.29 is 22.4 Å². The minimum Gasteiger partial charge on any atom is -0.468 e. The van der Waals surface area contributed by atoms with Gasteiger partial charge >= 0.3 is 0 Å². The van der Waals surface area contributed by atoms with E-state index < -0.39 is 10.0 Å². The summed E-state index contributed by atoms with van der Waals surface area (Å²) in [6.45, 7) is 4.72. The maximum absolute atomic E-state index is 12.6. The highest BCUT2D eigenvalue weighted by molar-refractivity contribution is 7.89. The number of rotatable bonds is 8. The number of piperazine rings is 1. The van der Waals surface area contributed by atoms with Crippen molar-refractivity contribution in [2.75, 3.05) is 45.8 Å². The SMILES string of the molecule is O=C(/C=C/c1ccc(S(=O)(=O)NCc2ccco2)cc1)N1CCN(CC(=O)N2CCCC2)CC1. The van der Waals surface area contributed by atoms with Gasteiger partial charge < -0.3 is 14.2 Å². The Morgan fingerprint density at radius 2 is 1.65 bits per heavy atom. The predicted octanol–water partition coefficient (Wildman–Crippen LogP) is 1.54. The Kier molecular flexibility index (Phi) is 7.81. The summed E-state index contributed by atoms with van der Waals surface area (Å²) < 4.78 is 32.5. The summed E-state index contributed by atoms with van der Waals surface area (Å²) in [6, 6.07) is 9.72. The maximum atomic E-state index is 12.6. The summed E-state index contributed by atoms with van der Waals surface area (Å²) in [5, 5.41) is 0. The molecule has 0 spiro atoms. The molecule has 0 aliphatic carbocycles. The fourth-order valence-corrected chi connectivity index (χ4v) is 5.07. The summed E-state index contributed by atoms with van der Waals surface area (Å²) in [6.07, 6.45) is 6.84. The fourth-order valence-electron chi connectivity index (χ4n) is 4.08. The molecule has 1 aromatic carbocycles. The molecule has 9 nitrogen and oxygen atoms in total. The molecule has 0 atom stereocenters. The molecule has 0 radical (unpaired) electrons. The predicted molar refractivity (Wildman–Crippen MR) is 127 cm³/mol. The lowest BCUT2D eigenvalue weighted by Crippen LogP contribution is -2.51. The number of carbonyl (C=O) groups is 2. The number of likely N-dealkylation sites (tertiary alicyclic amines) is 1. The van der Waals surface area contributed by atoms with Gasteiger partial charge in [-0.15, -0.1) is 0 Å². The van der Waals surface area contributed by atoms with Crippen LogP contribution in [0.25, 0.3) is 6.08 Å². The minimum absolute atomic E-state index is 0.0746. The van der Waals surface area contributed by atoms with Crippen LogP contribution in [0.2, 0.25) is 0 Å². The van der Waals surface area contributed by atoms with Gasteiger partial charge in [-0.2, -0.15) is 0 Å². The third-order valence-electron chi connectivity index (χ3n) is 6.13. The van der Waals surface area contributed by atoms with Crippen molar-refractivity contribution in [1.29, 1.82) is 0 Å². The second kappa shape index (κ2) is 11.0. The Balaban J connectivity index is 1.24. The maximum Gasteiger partial charge on any atom is 0.246 e. The van der Waals surface area contributed by atoms with Crippen molar-refractivity contribution in [1.82, 2.24) is 19.4 Å². The summed E-state index contributed by atoms with van der Waals surface area (Å²) in [5.41, 5.74) is 0.730. The third kappa shape index (κ3) is 6.34. The lowest BCUT2D eigenvalue weighted by Gasteiger charge is -2.34. The van der Waals surface area contributed by atoms with Crippen LogP contribution in [0.3, 0.4) is 0 Å². The Hall–Kier alpha value is -2.95. The van der Waals surface area contributed by atoms with E-state index in [0.717, 1.165) is 31.5 Å². The number of benzene rings is 1. The minimum atomic E-state index is -3.66. The van der Waals surface area contributed by atoms with E-state index in [9.17, 15) is 18.0 Å². The topological polar surface area (TPSA) is 103 Å². The van der Waals surface area contributed by atoms with Gasteiger partial charge in [0.25, 0.3) is 0 Å². The Morgan fingerprint density at radius 1 is 0.941 bits per heavy atom. The van der Waals surface area contributed by atoms with Gasteiger partial charge in [0.15, 0.2) is 0 Å². The van der Waals surface area contributed by atoms with E-state index in [-0.39, 0.29) is 23.3 Å². The number of hydrogen-bond acceptors (Lipinski definition) is 6. The fraction of sp³-hybridized carbons (Fsp3) is 0.417. The summed E-state index contributed by atoms with van der Waals surface area (Å²) in [5.74, 6) is 0.613. The highest BCUT2D eigenvalue weighted by atomic mass is 32.2. The van der Waals surface area contributed by atoms with E-state index in [0.29, 0.717) is 38.5 Å². The monoisotopic (exact) mass is 486 g/mol.